The van der Waals surface area contributed by atoms with Crippen LogP contribution >= 0.6 is 0 Å². The molecule has 9 aromatic carbocycles. The first-order valence-electron chi connectivity index (χ1n) is 22.4. The first-order valence-corrected chi connectivity index (χ1v) is 22.4. The van der Waals surface area contributed by atoms with Crippen molar-refractivity contribution in [2.75, 3.05) is 4.90 Å². The lowest BCUT2D eigenvalue weighted by molar-refractivity contribution is 0.660. The summed E-state index contributed by atoms with van der Waals surface area (Å²) in [6, 6.07) is 77.2. The molecule has 0 spiro atoms. The van der Waals surface area contributed by atoms with Crippen LogP contribution in [0.1, 0.15) is 73.6 Å². The standard InChI is InChI=1S/C62H49N/c1-60(2)54-23-12-9-18-48(54)51-37-35-46(39-57(51)60)63(45-33-28-41(29-34-45)47-21-15-22-53-50-20-10-13-24-55(50)61(3,4)59(47)53)44-31-26-40(27-32-44)42-30-36-52-49-19-11-14-25-56(49)62(5,58(52)38-42)43-16-7-6-8-17-43/h6-39H,1-5H3. The SMILES string of the molecule is CC1(C)c2ccccc2-c2ccc(N(c3ccc(-c4ccc5c(c4)C(C)(c4ccccc4)c4ccccc4-5)cc3)c3ccc(-c4cccc5c4C(C)(C)c4ccccc4-5)cc3)cc21. The summed E-state index contributed by atoms with van der Waals surface area (Å²) in [6.07, 6.45) is 0. The monoisotopic (exact) mass is 807 g/mol. The van der Waals surface area contributed by atoms with E-state index in [4.69, 9.17) is 0 Å². The Balaban J connectivity index is 0.957. The van der Waals surface area contributed by atoms with Crippen molar-refractivity contribution in [3.63, 3.8) is 0 Å². The maximum Gasteiger partial charge on any atom is 0.0465 e. The highest BCUT2D eigenvalue weighted by atomic mass is 15.1. The Hall–Kier alpha value is -7.22. The van der Waals surface area contributed by atoms with Crippen LogP contribution in [0.2, 0.25) is 0 Å². The van der Waals surface area contributed by atoms with Gasteiger partial charge in [0, 0.05) is 33.3 Å². The third kappa shape index (κ3) is 5.42. The van der Waals surface area contributed by atoms with Gasteiger partial charge >= 0.3 is 0 Å². The van der Waals surface area contributed by atoms with E-state index < -0.39 is 0 Å². The third-order valence-electron chi connectivity index (χ3n) is 15.0. The molecule has 1 atom stereocenters. The van der Waals surface area contributed by atoms with Crippen LogP contribution in [0.25, 0.3) is 55.6 Å². The van der Waals surface area contributed by atoms with Gasteiger partial charge in [-0.2, -0.15) is 0 Å². The molecule has 3 aliphatic rings. The molecule has 1 unspecified atom stereocenters. The molecule has 302 valence electrons. The van der Waals surface area contributed by atoms with Gasteiger partial charge in [0.25, 0.3) is 0 Å². The Morgan fingerprint density at radius 1 is 0.286 bits per heavy atom. The van der Waals surface area contributed by atoms with E-state index in [1.807, 2.05) is 0 Å². The fourth-order valence-electron chi connectivity index (χ4n) is 11.7. The molecule has 1 nitrogen and oxygen atoms in total. The number of anilines is 3. The van der Waals surface area contributed by atoms with Crippen LogP contribution in [-0.2, 0) is 16.2 Å². The van der Waals surface area contributed by atoms with E-state index in [0.717, 1.165) is 17.1 Å². The highest BCUT2D eigenvalue weighted by molar-refractivity contribution is 5.91. The van der Waals surface area contributed by atoms with Crippen LogP contribution in [0, 0.1) is 0 Å². The van der Waals surface area contributed by atoms with Crippen molar-refractivity contribution < 1.29 is 0 Å². The lowest BCUT2D eigenvalue weighted by Gasteiger charge is -2.29. The van der Waals surface area contributed by atoms with Gasteiger partial charge in [-0.1, -0.05) is 191 Å². The van der Waals surface area contributed by atoms with E-state index in [1.54, 1.807) is 0 Å². The molecule has 0 aromatic heterocycles. The summed E-state index contributed by atoms with van der Waals surface area (Å²) in [5.74, 6) is 0. The molecule has 0 aliphatic heterocycles. The van der Waals surface area contributed by atoms with Crippen LogP contribution < -0.4 is 4.90 Å². The predicted octanol–water partition coefficient (Wildman–Crippen LogP) is 16.4. The number of benzene rings is 9. The second-order valence-corrected chi connectivity index (χ2v) is 19.0. The van der Waals surface area contributed by atoms with Crippen molar-refractivity contribution >= 4 is 17.1 Å². The van der Waals surface area contributed by atoms with E-state index in [2.05, 4.69) is 246 Å². The van der Waals surface area contributed by atoms with E-state index in [0.29, 0.717) is 0 Å². The van der Waals surface area contributed by atoms with Crippen LogP contribution in [-0.4, -0.2) is 0 Å². The number of hydrogen-bond acceptors (Lipinski definition) is 1. The molecule has 1 heteroatoms. The largest absolute Gasteiger partial charge is 0.310 e. The van der Waals surface area contributed by atoms with Gasteiger partial charge in [-0.15, -0.1) is 0 Å². The minimum absolute atomic E-state index is 0.0905. The Bertz CT molecular complexity index is 3280. The summed E-state index contributed by atoms with van der Waals surface area (Å²) >= 11 is 0. The van der Waals surface area contributed by atoms with Gasteiger partial charge in [-0.05, 0) is 144 Å². The van der Waals surface area contributed by atoms with Crippen LogP contribution in [0.5, 0.6) is 0 Å². The molecule has 12 rings (SSSR count). The van der Waals surface area contributed by atoms with Crippen molar-refractivity contribution in [1.29, 1.82) is 0 Å². The molecule has 0 heterocycles. The average molecular weight is 808 g/mol. The van der Waals surface area contributed by atoms with Crippen LogP contribution in [0.15, 0.2) is 206 Å². The summed E-state index contributed by atoms with van der Waals surface area (Å²) in [6.45, 7) is 11.9. The van der Waals surface area contributed by atoms with E-state index in [1.165, 1.54) is 94.6 Å². The van der Waals surface area contributed by atoms with Gasteiger partial charge in [0.1, 0.15) is 0 Å². The summed E-state index contributed by atoms with van der Waals surface area (Å²) in [4.78, 5) is 2.44. The van der Waals surface area contributed by atoms with E-state index in [-0.39, 0.29) is 16.2 Å². The summed E-state index contributed by atoms with van der Waals surface area (Å²) in [5.41, 5.74) is 25.5. The van der Waals surface area contributed by atoms with Gasteiger partial charge in [0.05, 0.1) is 0 Å². The molecule has 0 bridgehead atoms. The van der Waals surface area contributed by atoms with Gasteiger partial charge in [0.15, 0.2) is 0 Å². The topological polar surface area (TPSA) is 3.24 Å². The van der Waals surface area contributed by atoms with Crippen molar-refractivity contribution in [1.82, 2.24) is 0 Å². The van der Waals surface area contributed by atoms with Crippen molar-refractivity contribution in [3.8, 4) is 55.6 Å². The summed E-state index contributed by atoms with van der Waals surface area (Å²) < 4.78 is 0. The van der Waals surface area contributed by atoms with Gasteiger partial charge in [0.2, 0.25) is 0 Å². The molecule has 0 amide bonds. The predicted molar refractivity (Wildman–Crippen MR) is 265 cm³/mol. The lowest BCUT2D eigenvalue weighted by atomic mass is 9.74. The number of hydrogen-bond donors (Lipinski definition) is 0. The molecular formula is C62H49N. The smallest absolute Gasteiger partial charge is 0.0465 e. The average Bonchev–Trinajstić information content (AvgIpc) is 3.83. The zero-order valence-electron chi connectivity index (χ0n) is 36.6. The summed E-state index contributed by atoms with van der Waals surface area (Å²) in [7, 11) is 0. The Morgan fingerprint density at radius 3 is 1.43 bits per heavy atom. The maximum absolute atomic E-state index is 2.44. The number of nitrogens with zero attached hydrogens (tertiary/aromatic N) is 1. The van der Waals surface area contributed by atoms with Crippen LogP contribution in [0.4, 0.5) is 17.1 Å². The van der Waals surface area contributed by atoms with Gasteiger partial charge < -0.3 is 4.90 Å². The molecule has 0 saturated heterocycles. The third-order valence-corrected chi connectivity index (χ3v) is 15.0. The molecule has 0 saturated carbocycles. The molecule has 0 fully saturated rings. The fourth-order valence-corrected chi connectivity index (χ4v) is 11.7. The van der Waals surface area contributed by atoms with Gasteiger partial charge in [-0.25, -0.2) is 0 Å². The van der Waals surface area contributed by atoms with Crippen molar-refractivity contribution in [2.24, 2.45) is 0 Å². The zero-order chi connectivity index (χ0) is 42.7. The quantitative estimate of drug-likeness (QED) is 0.162. The van der Waals surface area contributed by atoms with Crippen molar-refractivity contribution in [3.05, 3.63) is 245 Å². The molecule has 63 heavy (non-hydrogen) atoms. The molecule has 9 aromatic rings. The van der Waals surface area contributed by atoms with Crippen molar-refractivity contribution in [2.45, 2.75) is 50.9 Å². The molecule has 0 radical (unpaired) electrons. The normalized spacial score (nSPS) is 16.7. The molecule has 0 N–H and O–H groups in total. The first-order chi connectivity index (χ1) is 30.6. The second kappa shape index (κ2) is 13.6. The Labute approximate surface area is 372 Å². The highest BCUT2D eigenvalue weighted by Crippen LogP contribution is 2.55. The highest BCUT2D eigenvalue weighted by Gasteiger charge is 2.41. The van der Waals surface area contributed by atoms with Gasteiger partial charge in [-0.3, -0.25) is 0 Å². The number of fused-ring (bicyclic) bond motifs is 9. The minimum Gasteiger partial charge on any atom is -0.310 e. The molecule has 3 aliphatic carbocycles. The lowest BCUT2D eigenvalue weighted by Crippen LogP contribution is -2.22. The zero-order valence-corrected chi connectivity index (χ0v) is 36.6. The maximum atomic E-state index is 2.44. The Kier molecular flexibility index (Phi) is 8.13. The van der Waals surface area contributed by atoms with E-state index in [9.17, 15) is 0 Å². The first kappa shape index (κ1) is 37.5. The van der Waals surface area contributed by atoms with Crippen LogP contribution in [0.3, 0.4) is 0 Å². The molecular weight excluding hydrogens is 759 g/mol. The summed E-state index contributed by atoms with van der Waals surface area (Å²) in [5, 5.41) is 0. The van der Waals surface area contributed by atoms with E-state index >= 15 is 0 Å². The second-order valence-electron chi connectivity index (χ2n) is 19.0. The fraction of sp³-hybridized carbons (Fsp3) is 0.129. The minimum atomic E-state index is -0.243. The number of rotatable bonds is 6. The Morgan fingerprint density at radius 2 is 0.746 bits per heavy atom.